The molecule has 3 aromatic rings. The van der Waals surface area contributed by atoms with Crippen molar-refractivity contribution in [2.75, 3.05) is 16.0 Å². The van der Waals surface area contributed by atoms with E-state index in [1.807, 2.05) is 6.07 Å². The Kier molecular flexibility index (Phi) is 6.15. The van der Waals surface area contributed by atoms with Crippen LogP contribution in [0.25, 0.3) is 0 Å². The molecule has 8 nitrogen and oxygen atoms in total. The van der Waals surface area contributed by atoms with Gasteiger partial charge in [0, 0.05) is 36.4 Å². The maximum Gasteiger partial charge on any atom is 0.257 e. The summed E-state index contributed by atoms with van der Waals surface area (Å²) in [6.45, 7) is 1.41. The SMILES string of the molecule is CC(=O)Nc1ccc(NC(=O)c2cncc(C(=O)Nc3cccc(C#N)c3)c2)cc1. The summed E-state index contributed by atoms with van der Waals surface area (Å²) in [7, 11) is 0. The van der Waals surface area contributed by atoms with Crippen LogP contribution in [0.15, 0.2) is 67.0 Å². The molecule has 0 bridgehead atoms. The van der Waals surface area contributed by atoms with Crippen molar-refractivity contribution in [1.82, 2.24) is 4.98 Å². The van der Waals surface area contributed by atoms with Crippen LogP contribution in [0.1, 0.15) is 33.2 Å². The van der Waals surface area contributed by atoms with E-state index in [0.29, 0.717) is 22.6 Å². The maximum absolute atomic E-state index is 12.5. The monoisotopic (exact) mass is 399 g/mol. The zero-order valence-electron chi connectivity index (χ0n) is 16.0. The zero-order chi connectivity index (χ0) is 21.5. The number of amides is 3. The van der Waals surface area contributed by atoms with E-state index in [1.165, 1.54) is 25.4 Å². The van der Waals surface area contributed by atoms with Gasteiger partial charge in [0.1, 0.15) is 0 Å². The van der Waals surface area contributed by atoms with Gasteiger partial charge < -0.3 is 16.0 Å². The Bertz CT molecular complexity index is 1150. The Morgan fingerprint density at radius 1 is 0.800 bits per heavy atom. The van der Waals surface area contributed by atoms with Crippen LogP contribution in [-0.4, -0.2) is 22.7 Å². The summed E-state index contributed by atoms with van der Waals surface area (Å²) in [6, 6.07) is 16.5. The molecule has 148 valence electrons. The summed E-state index contributed by atoms with van der Waals surface area (Å²) in [6.07, 6.45) is 2.70. The number of nitrogens with zero attached hydrogens (tertiary/aromatic N) is 2. The topological polar surface area (TPSA) is 124 Å². The van der Waals surface area contributed by atoms with Crippen LogP contribution in [0, 0.1) is 11.3 Å². The van der Waals surface area contributed by atoms with Crippen molar-refractivity contribution < 1.29 is 14.4 Å². The first-order chi connectivity index (χ1) is 14.4. The molecular formula is C22H17N5O3. The van der Waals surface area contributed by atoms with Gasteiger partial charge in [0.15, 0.2) is 0 Å². The van der Waals surface area contributed by atoms with E-state index in [2.05, 4.69) is 20.9 Å². The number of nitriles is 1. The molecule has 30 heavy (non-hydrogen) atoms. The van der Waals surface area contributed by atoms with Crippen LogP contribution in [0.4, 0.5) is 17.1 Å². The molecule has 0 spiro atoms. The number of hydrogen-bond donors (Lipinski definition) is 3. The third-order valence-electron chi connectivity index (χ3n) is 3.98. The van der Waals surface area contributed by atoms with E-state index >= 15 is 0 Å². The van der Waals surface area contributed by atoms with Crippen LogP contribution >= 0.6 is 0 Å². The van der Waals surface area contributed by atoms with Crippen molar-refractivity contribution in [1.29, 1.82) is 5.26 Å². The number of hydrogen-bond acceptors (Lipinski definition) is 5. The first-order valence-corrected chi connectivity index (χ1v) is 8.90. The third-order valence-corrected chi connectivity index (χ3v) is 3.98. The van der Waals surface area contributed by atoms with Gasteiger partial charge in [-0.1, -0.05) is 6.07 Å². The van der Waals surface area contributed by atoms with Crippen molar-refractivity contribution in [3.8, 4) is 6.07 Å². The van der Waals surface area contributed by atoms with Gasteiger partial charge in [-0.2, -0.15) is 5.26 Å². The maximum atomic E-state index is 12.5. The lowest BCUT2D eigenvalue weighted by Crippen LogP contribution is -2.16. The number of pyridine rings is 1. The molecular weight excluding hydrogens is 382 g/mol. The Labute approximate surface area is 172 Å². The highest BCUT2D eigenvalue weighted by Crippen LogP contribution is 2.16. The second-order valence-corrected chi connectivity index (χ2v) is 6.32. The Balaban J connectivity index is 1.69. The predicted octanol–water partition coefficient (Wildman–Crippen LogP) is 3.42. The predicted molar refractivity (Wildman–Crippen MR) is 112 cm³/mol. The van der Waals surface area contributed by atoms with E-state index in [1.54, 1.807) is 48.5 Å². The number of rotatable bonds is 5. The molecule has 3 amide bonds. The molecule has 8 heteroatoms. The largest absolute Gasteiger partial charge is 0.326 e. The lowest BCUT2D eigenvalue weighted by Gasteiger charge is -2.09. The molecule has 0 saturated carbocycles. The van der Waals surface area contributed by atoms with Gasteiger partial charge >= 0.3 is 0 Å². The summed E-state index contributed by atoms with van der Waals surface area (Å²) in [5, 5.41) is 17.0. The fraction of sp³-hybridized carbons (Fsp3) is 0.0455. The van der Waals surface area contributed by atoms with Gasteiger partial charge in [0.2, 0.25) is 5.91 Å². The first kappa shape index (κ1) is 20.2. The quantitative estimate of drug-likeness (QED) is 0.606. The summed E-state index contributed by atoms with van der Waals surface area (Å²) in [5.74, 6) is -1.07. The highest BCUT2D eigenvalue weighted by molar-refractivity contribution is 6.08. The molecule has 3 rings (SSSR count). The number of carbonyl (C=O) groups excluding carboxylic acids is 3. The number of benzene rings is 2. The summed E-state index contributed by atoms with van der Waals surface area (Å²) in [4.78, 5) is 40.0. The highest BCUT2D eigenvalue weighted by Gasteiger charge is 2.12. The average Bonchev–Trinajstić information content (AvgIpc) is 2.75. The molecule has 1 heterocycles. The Hall–Kier alpha value is -4.51. The number of nitrogens with one attached hydrogen (secondary N) is 3. The lowest BCUT2D eigenvalue weighted by molar-refractivity contribution is -0.114. The van der Waals surface area contributed by atoms with Crippen molar-refractivity contribution in [3.63, 3.8) is 0 Å². The standard InChI is InChI=1S/C22H17N5O3/c1-14(28)25-18-5-7-19(8-6-18)26-21(29)16-10-17(13-24-12-16)22(30)27-20-4-2-3-15(9-20)11-23/h2-10,12-13H,1H3,(H,25,28)(H,26,29)(H,27,30). The van der Waals surface area contributed by atoms with Crippen LogP contribution in [0.3, 0.4) is 0 Å². The fourth-order valence-electron chi connectivity index (χ4n) is 2.60. The van der Waals surface area contributed by atoms with Crippen molar-refractivity contribution >= 4 is 34.8 Å². The number of anilines is 3. The van der Waals surface area contributed by atoms with Crippen LogP contribution in [0.2, 0.25) is 0 Å². The minimum absolute atomic E-state index is 0.188. The second-order valence-electron chi connectivity index (χ2n) is 6.32. The lowest BCUT2D eigenvalue weighted by atomic mass is 10.1. The molecule has 0 unspecified atom stereocenters. The summed E-state index contributed by atoms with van der Waals surface area (Å²) >= 11 is 0. The van der Waals surface area contributed by atoms with E-state index in [-0.39, 0.29) is 17.0 Å². The minimum Gasteiger partial charge on any atom is -0.326 e. The molecule has 0 saturated heterocycles. The first-order valence-electron chi connectivity index (χ1n) is 8.90. The highest BCUT2D eigenvalue weighted by atomic mass is 16.2. The van der Waals surface area contributed by atoms with Gasteiger partial charge in [-0.25, -0.2) is 0 Å². The molecule has 0 aliphatic heterocycles. The Morgan fingerprint density at radius 3 is 1.93 bits per heavy atom. The van der Waals surface area contributed by atoms with Crippen LogP contribution < -0.4 is 16.0 Å². The molecule has 1 aromatic heterocycles. The van der Waals surface area contributed by atoms with E-state index in [0.717, 1.165) is 0 Å². The van der Waals surface area contributed by atoms with Crippen molar-refractivity contribution in [2.45, 2.75) is 6.92 Å². The third kappa shape index (κ3) is 5.27. The summed E-state index contributed by atoms with van der Waals surface area (Å²) in [5.41, 5.74) is 2.43. The molecule has 0 atom stereocenters. The molecule has 2 aromatic carbocycles. The minimum atomic E-state index is -0.452. The number of aromatic nitrogens is 1. The molecule has 0 radical (unpaired) electrons. The van der Waals surface area contributed by atoms with Crippen LogP contribution in [-0.2, 0) is 4.79 Å². The zero-order valence-corrected chi connectivity index (χ0v) is 16.0. The van der Waals surface area contributed by atoms with E-state index in [9.17, 15) is 14.4 Å². The van der Waals surface area contributed by atoms with E-state index in [4.69, 9.17) is 5.26 Å². The second kappa shape index (κ2) is 9.12. The van der Waals surface area contributed by atoms with Crippen molar-refractivity contribution in [2.24, 2.45) is 0 Å². The van der Waals surface area contributed by atoms with Crippen molar-refractivity contribution in [3.05, 3.63) is 83.7 Å². The van der Waals surface area contributed by atoms with E-state index < -0.39 is 11.8 Å². The smallest absolute Gasteiger partial charge is 0.257 e. The molecule has 0 aliphatic rings. The fourth-order valence-corrected chi connectivity index (χ4v) is 2.60. The molecule has 3 N–H and O–H groups in total. The molecule has 0 aliphatic carbocycles. The summed E-state index contributed by atoms with van der Waals surface area (Å²) < 4.78 is 0. The average molecular weight is 399 g/mol. The van der Waals surface area contributed by atoms with Gasteiger partial charge in [-0.15, -0.1) is 0 Å². The number of carbonyl (C=O) groups is 3. The van der Waals surface area contributed by atoms with Gasteiger partial charge in [-0.3, -0.25) is 19.4 Å². The van der Waals surface area contributed by atoms with Crippen LogP contribution in [0.5, 0.6) is 0 Å². The van der Waals surface area contributed by atoms with Gasteiger partial charge in [0.25, 0.3) is 11.8 Å². The Morgan fingerprint density at radius 2 is 1.37 bits per heavy atom. The normalized spacial score (nSPS) is 9.87. The van der Waals surface area contributed by atoms with Gasteiger partial charge in [0.05, 0.1) is 22.8 Å². The molecule has 0 fully saturated rings. The van der Waals surface area contributed by atoms with Gasteiger partial charge in [-0.05, 0) is 48.5 Å².